The third kappa shape index (κ3) is 38.3. The quantitative estimate of drug-likeness (QED) is 0.596. The highest BCUT2D eigenvalue weighted by atomic mass is 15.4. The molecule has 0 spiro atoms. The van der Waals surface area contributed by atoms with Gasteiger partial charge in [0, 0.05) is 0 Å². The molecule has 0 amide bonds. The van der Waals surface area contributed by atoms with Gasteiger partial charge in [-0.15, -0.1) is 0 Å². The minimum Gasteiger partial charge on any atom is -0.297 e. The second-order valence-electron chi connectivity index (χ2n) is 5.23. The van der Waals surface area contributed by atoms with Crippen molar-refractivity contribution in [1.82, 2.24) is 14.7 Å². The lowest BCUT2D eigenvalue weighted by atomic mass is 10.4. The minimum atomic E-state index is 0. The van der Waals surface area contributed by atoms with Crippen LogP contribution in [0.15, 0.2) is 0 Å². The molecule has 0 aromatic heterocycles. The third-order valence-electron chi connectivity index (χ3n) is 2.41. The lowest BCUT2D eigenvalue weighted by Gasteiger charge is -2.28. The number of unbranched alkanes of at least 4 members (excludes halogenated alkanes) is 1. The Bertz CT molecular complexity index is 136. The molecule has 0 radical (unpaired) electrons. The number of hydrogen-bond acceptors (Lipinski definition) is 3. The lowest BCUT2D eigenvalue weighted by molar-refractivity contribution is 0.114. The fourth-order valence-corrected chi connectivity index (χ4v) is 1.09. The van der Waals surface area contributed by atoms with Crippen molar-refractivity contribution in [2.75, 3.05) is 47.6 Å². The van der Waals surface area contributed by atoms with Gasteiger partial charge in [0.1, 0.15) is 0 Å². The molecular weight excluding hydrogens is 258 g/mol. The highest BCUT2D eigenvalue weighted by molar-refractivity contribution is 4.52. The number of hydrogen-bond donors (Lipinski definition) is 0. The van der Waals surface area contributed by atoms with E-state index in [1.54, 1.807) is 0 Å². The fourth-order valence-electron chi connectivity index (χ4n) is 1.09. The standard InChI is InChI=1S/C9H23N3.C4H10.C3H8.2CH4/c1-6-11(5)9-12(7-2)8-10(3)4;1-3-4-2;1-3-2;;/h6-9H2,1-5H3;3-4H2,1-2H3;3H2,1-2H3;2*1H4. The van der Waals surface area contributed by atoms with Gasteiger partial charge in [0.2, 0.25) is 0 Å². The monoisotopic (exact) mass is 307 g/mol. The second kappa shape index (κ2) is 28.1. The van der Waals surface area contributed by atoms with Gasteiger partial charge in [-0.2, -0.15) is 0 Å². The summed E-state index contributed by atoms with van der Waals surface area (Å²) < 4.78 is 0. The van der Waals surface area contributed by atoms with Crippen molar-refractivity contribution in [3.63, 3.8) is 0 Å². The SMILES string of the molecule is C.C.CCC.CCCC.CCN(C)CN(CC)CN(C)C. The average molecular weight is 308 g/mol. The number of rotatable bonds is 7. The average Bonchev–Trinajstić information content (AvgIpc) is 2.38. The van der Waals surface area contributed by atoms with Gasteiger partial charge < -0.3 is 0 Å². The van der Waals surface area contributed by atoms with E-state index in [1.165, 1.54) is 19.3 Å². The molecule has 0 saturated carbocycles. The molecule has 0 N–H and O–H groups in total. The first-order valence-electron chi connectivity index (χ1n) is 7.98. The summed E-state index contributed by atoms with van der Waals surface area (Å²) in [6, 6.07) is 0. The van der Waals surface area contributed by atoms with Gasteiger partial charge in [-0.05, 0) is 34.2 Å². The van der Waals surface area contributed by atoms with Gasteiger partial charge >= 0.3 is 0 Å². The Labute approximate surface area is 138 Å². The van der Waals surface area contributed by atoms with E-state index in [0.29, 0.717) is 0 Å². The first-order chi connectivity index (χ1) is 8.92. The van der Waals surface area contributed by atoms with Crippen LogP contribution in [0.2, 0.25) is 0 Å². The summed E-state index contributed by atoms with van der Waals surface area (Å²) >= 11 is 0. The van der Waals surface area contributed by atoms with Crippen LogP contribution < -0.4 is 0 Å². The second-order valence-corrected chi connectivity index (χ2v) is 5.23. The van der Waals surface area contributed by atoms with Crippen molar-refractivity contribution >= 4 is 0 Å². The first kappa shape index (κ1) is 32.7. The predicted molar refractivity (Wildman–Crippen MR) is 104 cm³/mol. The molecule has 0 heterocycles. The van der Waals surface area contributed by atoms with Gasteiger partial charge in [-0.3, -0.25) is 14.7 Å². The molecule has 3 heteroatoms. The predicted octanol–water partition coefficient (Wildman–Crippen LogP) is 5.23. The normalized spacial score (nSPS) is 9.14. The van der Waals surface area contributed by atoms with Crippen molar-refractivity contribution in [2.45, 2.75) is 75.7 Å². The van der Waals surface area contributed by atoms with Crippen LogP contribution in [0.25, 0.3) is 0 Å². The summed E-state index contributed by atoms with van der Waals surface area (Å²) in [6.07, 6.45) is 3.89. The summed E-state index contributed by atoms with van der Waals surface area (Å²) in [7, 11) is 6.36. The lowest BCUT2D eigenvalue weighted by Crippen LogP contribution is -2.40. The zero-order valence-corrected chi connectivity index (χ0v) is 15.3. The van der Waals surface area contributed by atoms with Crippen molar-refractivity contribution in [1.29, 1.82) is 0 Å². The summed E-state index contributed by atoms with van der Waals surface area (Å²) in [5.41, 5.74) is 0. The van der Waals surface area contributed by atoms with Crippen LogP contribution in [0, 0.1) is 0 Å². The smallest absolute Gasteiger partial charge is 0.0515 e. The maximum atomic E-state index is 2.41. The van der Waals surface area contributed by atoms with Crippen molar-refractivity contribution in [2.24, 2.45) is 0 Å². The third-order valence-corrected chi connectivity index (χ3v) is 2.41. The Kier molecular flexibility index (Phi) is 43.8. The zero-order chi connectivity index (χ0) is 15.7. The van der Waals surface area contributed by atoms with Crippen LogP contribution in [0.4, 0.5) is 0 Å². The molecule has 0 bridgehead atoms. The Balaban J connectivity index is -0.0000000805. The topological polar surface area (TPSA) is 9.72 Å². The summed E-state index contributed by atoms with van der Waals surface area (Å²) in [6.45, 7) is 17.3. The molecule has 0 aromatic carbocycles. The maximum Gasteiger partial charge on any atom is 0.0515 e. The molecule has 0 aliphatic carbocycles. The van der Waals surface area contributed by atoms with E-state index in [9.17, 15) is 0 Å². The summed E-state index contributed by atoms with van der Waals surface area (Å²) in [5.74, 6) is 0. The Morgan fingerprint density at radius 3 is 1.19 bits per heavy atom. The van der Waals surface area contributed by atoms with E-state index in [1.807, 2.05) is 0 Å². The molecule has 136 valence electrons. The van der Waals surface area contributed by atoms with E-state index in [4.69, 9.17) is 0 Å². The molecule has 0 fully saturated rings. The molecular formula is C18H49N3. The van der Waals surface area contributed by atoms with Gasteiger partial charge in [-0.1, -0.05) is 75.7 Å². The van der Waals surface area contributed by atoms with Crippen LogP contribution in [0.1, 0.15) is 75.7 Å². The summed E-state index contributed by atoms with van der Waals surface area (Å²) in [5, 5.41) is 0. The van der Waals surface area contributed by atoms with Crippen LogP contribution in [0.5, 0.6) is 0 Å². The van der Waals surface area contributed by atoms with Crippen molar-refractivity contribution in [3.05, 3.63) is 0 Å². The van der Waals surface area contributed by atoms with Gasteiger partial charge in [0.15, 0.2) is 0 Å². The van der Waals surface area contributed by atoms with Crippen LogP contribution in [0.3, 0.4) is 0 Å². The summed E-state index contributed by atoms with van der Waals surface area (Å²) in [4.78, 5) is 6.92. The molecule has 21 heavy (non-hydrogen) atoms. The Morgan fingerprint density at radius 2 is 1.00 bits per heavy atom. The van der Waals surface area contributed by atoms with Crippen molar-refractivity contribution in [3.8, 4) is 0 Å². The number of nitrogens with zero attached hydrogens (tertiary/aromatic N) is 3. The zero-order valence-electron chi connectivity index (χ0n) is 15.3. The van der Waals surface area contributed by atoms with E-state index in [-0.39, 0.29) is 14.9 Å². The fraction of sp³-hybridized carbons (Fsp3) is 1.00. The Hall–Kier alpha value is -0.120. The highest BCUT2D eigenvalue weighted by Gasteiger charge is 2.04. The van der Waals surface area contributed by atoms with Gasteiger partial charge in [0.05, 0.1) is 13.3 Å². The van der Waals surface area contributed by atoms with Gasteiger partial charge in [-0.25, -0.2) is 0 Å². The minimum absolute atomic E-state index is 0. The molecule has 0 saturated heterocycles. The van der Waals surface area contributed by atoms with Gasteiger partial charge in [0.25, 0.3) is 0 Å². The van der Waals surface area contributed by atoms with E-state index >= 15 is 0 Å². The highest BCUT2D eigenvalue weighted by Crippen LogP contribution is 1.92. The van der Waals surface area contributed by atoms with E-state index < -0.39 is 0 Å². The first-order valence-corrected chi connectivity index (χ1v) is 7.98. The molecule has 0 atom stereocenters. The largest absolute Gasteiger partial charge is 0.297 e. The van der Waals surface area contributed by atoms with Crippen molar-refractivity contribution < 1.29 is 0 Å². The maximum absolute atomic E-state index is 2.41. The molecule has 0 aliphatic heterocycles. The molecule has 0 aliphatic rings. The van der Waals surface area contributed by atoms with E-state index in [0.717, 1.165) is 26.4 Å². The van der Waals surface area contributed by atoms with Crippen LogP contribution in [-0.2, 0) is 0 Å². The Morgan fingerprint density at radius 1 is 0.619 bits per heavy atom. The van der Waals surface area contributed by atoms with Crippen LogP contribution in [-0.4, -0.2) is 62.3 Å². The molecule has 3 nitrogen and oxygen atoms in total. The van der Waals surface area contributed by atoms with E-state index in [2.05, 4.69) is 77.4 Å². The molecule has 0 aromatic rings. The molecule has 0 rings (SSSR count). The van der Waals surface area contributed by atoms with Crippen LogP contribution >= 0.6 is 0 Å². The molecule has 0 unspecified atom stereocenters.